The zero-order valence-corrected chi connectivity index (χ0v) is 19.1. The third kappa shape index (κ3) is 4.11. The number of benzene rings is 1. The van der Waals surface area contributed by atoms with E-state index in [0.29, 0.717) is 46.3 Å². The van der Waals surface area contributed by atoms with E-state index in [-0.39, 0.29) is 22.6 Å². The van der Waals surface area contributed by atoms with Crippen molar-refractivity contribution in [2.75, 3.05) is 5.32 Å². The standard InChI is InChI=1S/C25H23FN4O2S/c1-25(2)11-17-20(18(31)12-25)19(14-7-9-27-10-8-14)21-22(28-17)29-24(30-23(21)32)33-13-15-5-3-4-6-16(15)26/h3-10,19H,11-13H2,1-2H3,(H2,28,29,30,32)/t19-/m1/s1. The van der Waals surface area contributed by atoms with Crippen molar-refractivity contribution in [3.8, 4) is 0 Å². The number of halogens is 1. The lowest BCUT2D eigenvalue weighted by atomic mass is 9.69. The molecular weight excluding hydrogens is 439 g/mol. The molecule has 3 heterocycles. The van der Waals surface area contributed by atoms with Gasteiger partial charge in [-0.1, -0.05) is 43.8 Å². The lowest BCUT2D eigenvalue weighted by Gasteiger charge is -2.38. The van der Waals surface area contributed by atoms with E-state index < -0.39 is 5.92 Å². The smallest absolute Gasteiger partial charge is 0.257 e. The van der Waals surface area contributed by atoms with Crippen molar-refractivity contribution in [3.63, 3.8) is 0 Å². The number of nitrogens with zero attached hydrogens (tertiary/aromatic N) is 2. The van der Waals surface area contributed by atoms with Crippen LogP contribution in [0.4, 0.5) is 10.2 Å². The van der Waals surface area contributed by atoms with Crippen LogP contribution < -0.4 is 10.9 Å². The minimum atomic E-state index is -0.510. The number of carbonyl (C=O) groups excluding carboxylic acids is 1. The second-order valence-electron chi connectivity index (χ2n) is 9.19. The zero-order chi connectivity index (χ0) is 23.2. The van der Waals surface area contributed by atoms with Gasteiger partial charge in [0.05, 0.1) is 5.56 Å². The van der Waals surface area contributed by atoms with E-state index >= 15 is 0 Å². The molecule has 1 aliphatic carbocycles. The number of anilines is 1. The van der Waals surface area contributed by atoms with Crippen molar-refractivity contribution in [3.05, 3.63) is 92.9 Å². The Morgan fingerprint density at radius 3 is 2.64 bits per heavy atom. The van der Waals surface area contributed by atoms with Gasteiger partial charge in [0, 0.05) is 41.8 Å². The van der Waals surface area contributed by atoms with E-state index in [1.54, 1.807) is 30.6 Å². The minimum Gasteiger partial charge on any atom is -0.343 e. The van der Waals surface area contributed by atoms with E-state index in [4.69, 9.17) is 0 Å². The quantitative estimate of drug-likeness (QED) is 0.428. The molecule has 1 atom stereocenters. The van der Waals surface area contributed by atoms with E-state index in [9.17, 15) is 14.0 Å². The van der Waals surface area contributed by atoms with Gasteiger partial charge >= 0.3 is 0 Å². The zero-order valence-electron chi connectivity index (χ0n) is 18.3. The van der Waals surface area contributed by atoms with Gasteiger partial charge in [0.1, 0.15) is 11.6 Å². The number of nitrogens with one attached hydrogen (secondary N) is 2. The third-order valence-electron chi connectivity index (χ3n) is 6.06. The summed E-state index contributed by atoms with van der Waals surface area (Å²) < 4.78 is 14.0. The summed E-state index contributed by atoms with van der Waals surface area (Å²) >= 11 is 1.26. The number of Topliss-reactive ketones (excluding diaryl/α,β-unsaturated/α-hetero) is 1. The first-order valence-corrected chi connectivity index (χ1v) is 11.7. The van der Waals surface area contributed by atoms with E-state index in [0.717, 1.165) is 11.3 Å². The molecule has 2 aliphatic rings. The fourth-order valence-electron chi connectivity index (χ4n) is 4.61. The molecular formula is C25H23FN4O2S. The van der Waals surface area contributed by atoms with Gasteiger partial charge in [-0.3, -0.25) is 14.6 Å². The molecule has 0 spiro atoms. The number of thioether (sulfide) groups is 1. The second kappa shape index (κ2) is 8.26. The Balaban J connectivity index is 1.58. The fraction of sp³-hybridized carbons (Fsp3) is 0.280. The SMILES string of the molecule is CC1(C)CC(=O)C2=C(C1)Nc1nc(SCc3ccccc3F)[nH]c(=O)c1[C@@H]2c1ccncc1. The van der Waals surface area contributed by atoms with Gasteiger partial charge in [-0.2, -0.15) is 0 Å². The molecule has 0 amide bonds. The number of pyridine rings is 1. The Hall–Kier alpha value is -3.26. The monoisotopic (exact) mass is 462 g/mol. The van der Waals surface area contributed by atoms with Crippen LogP contribution in [0.15, 0.2) is 70.0 Å². The highest BCUT2D eigenvalue weighted by atomic mass is 32.2. The second-order valence-corrected chi connectivity index (χ2v) is 10.1. The van der Waals surface area contributed by atoms with Gasteiger partial charge in [-0.05, 0) is 41.2 Å². The van der Waals surface area contributed by atoms with Crippen LogP contribution in [0.1, 0.15) is 49.3 Å². The lowest BCUT2D eigenvalue weighted by Crippen LogP contribution is -2.37. The number of hydrogen-bond donors (Lipinski definition) is 2. The molecule has 1 aliphatic heterocycles. The highest BCUT2D eigenvalue weighted by Gasteiger charge is 2.42. The van der Waals surface area contributed by atoms with Crippen molar-refractivity contribution >= 4 is 23.4 Å². The number of allylic oxidation sites excluding steroid dienone is 2. The summed E-state index contributed by atoms with van der Waals surface area (Å²) in [7, 11) is 0. The Bertz CT molecular complexity index is 1330. The summed E-state index contributed by atoms with van der Waals surface area (Å²) in [6, 6.07) is 10.2. The van der Waals surface area contributed by atoms with Crippen LogP contribution in [0.3, 0.4) is 0 Å². The number of hydrogen-bond acceptors (Lipinski definition) is 6. The highest BCUT2D eigenvalue weighted by Crippen LogP contribution is 2.47. The Labute approximate surface area is 194 Å². The van der Waals surface area contributed by atoms with Crippen molar-refractivity contribution < 1.29 is 9.18 Å². The van der Waals surface area contributed by atoms with Crippen LogP contribution in [-0.2, 0) is 10.5 Å². The van der Waals surface area contributed by atoms with Gasteiger partial charge in [-0.25, -0.2) is 9.37 Å². The molecule has 3 aromatic rings. The van der Waals surface area contributed by atoms with Crippen molar-refractivity contribution in [2.24, 2.45) is 5.41 Å². The summed E-state index contributed by atoms with van der Waals surface area (Å²) in [6.07, 6.45) is 4.43. The Morgan fingerprint density at radius 1 is 1.12 bits per heavy atom. The average Bonchev–Trinajstić information content (AvgIpc) is 2.77. The predicted molar refractivity (Wildman–Crippen MR) is 126 cm³/mol. The normalized spacial score (nSPS) is 19.0. The van der Waals surface area contributed by atoms with Crippen LogP contribution in [-0.4, -0.2) is 20.7 Å². The number of carbonyl (C=O) groups is 1. The fourth-order valence-corrected chi connectivity index (χ4v) is 5.46. The van der Waals surface area contributed by atoms with Crippen LogP contribution in [0.5, 0.6) is 0 Å². The molecule has 2 N–H and O–H groups in total. The molecule has 1 aromatic carbocycles. The highest BCUT2D eigenvalue weighted by molar-refractivity contribution is 7.98. The topological polar surface area (TPSA) is 87.7 Å². The molecule has 8 heteroatoms. The maximum atomic E-state index is 14.0. The molecule has 5 rings (SSSR count). The summed E-state index contributed by atoms with van der Waals surface area (Å²) in [6.45, 7) is 4.13. The molecule has 0 saturated heterocycles. The maximum Gasteiger partial charge on any atom is 0.257 e. The van der Waals surface area contributed by atoms with Gasteiger partial charge in [0.2, 0.25) is 0 Å². The summed E-state index contributed by atoms with van der Waals surface area (Å²) in [5.74, 6) is 0.0184. The van der Waals surface area contributed by atoms with Gasteiger partial charge in [0.25, 0.3) is 5.56 Å². The lowest BCUT2D eigenvalue weighted by molar-refractivity contribution is -0.118. The minimum absolute atomic E-state index is 0.0404. The molecule has 0 saturated carbocycles. The molecule has 6 nitrogen and oxygen atoms in total. The number of aromatic nitrogens is 3. The molecule has 168 valence electrons. The van der Waals surface area contributed by atoms with Crippen molar-refractivity contribution in [2.45, 2.75) is 43.5 Å². The van der Waals surface area contributed by atoms with Crippen LogP contribution in [0.2, 0.25) is 0 Å². The molecule has 2 aromatic heterocycles. The number of aromatic amines is 1. The molecule has 33 heavy (non-hydrogen) atoms. The first kappa shape index (κ1) is 21.6. The van der Waals surface area contributed by atoms with Crippen molar-refractivity contribution in [1.29, 1.82) is 0 Å². The van der Waals surface area contributed by atoms with Crippen LogP contribution >= 0.6 is 11.8 Å². The van der Waals surface area contributed by atoms with E-state index in [1.807, 2.05) is 12.1 Å². The van der Waals surface area contributed by atoms with Crippen LogP contribution in [0, 0.1) is 11.2 Å². The number of fused-ring (bicyclic) bond motifs is 1. The number of rotatable bonds is 4. The predicted octanol–water partition coefficient (Wildman–Crippen LogP) is 4.80. The third-order valence-corrected chi connectivity index (χ3v) is 6.98. The number of H-pyrrole nitrogens is 1. The largest absolute Gasteiger partial charge is 0.343 e. The molecule has 0 bridgehead atoms. The number of ketones is 1. The van der Waals surface area contributed by atoms with Crippen LogP contribution in [0.25, 0.3) is 0 Å². The summed E-state index contributed by atoms with van der Waals surface area (Å²) in [5, 5.41) is 3.70. The van der Waals surface area contributed by atoms with Gasteiger partial charge in [0.15, 0.2) is 10.9 Å². The maximum absolute atomic E-state index is 14.0. The Morgan fingerprint density at radius 2 is 1.88 bits per heavy atom. The summed E-state index contributed by atoms with van der Waals surface area (Å²) in [4.78, 5) is 38.1. The molecule has 0 radical (unpaired) electrons. The van der Waals surface area contributed by atoms with E-state index in [1.165, 1.54) is 17.8 Å². The molecule has 0 unspecified atom stereocenters. The first-order valence-electron chi connectivity index (χ1n) is 10.8. The van der Waals surface area contributed by atoms with Crippen molar-refractivity contribution in [1.82, 2.24) is 15.0 Å². The summed E-state index contributed by atoms with van der Waals surface area (Å²) in [5.41, 5.74) is 2.73. The average molecular weight is 463 g/mol. The van der Waals surface area contributed by atoms with E-state index in [2.05, 4.69) is 34.1 Å². The van der Waals surface area contributed by atoms with Gasteiger partial charge < -0.3 is 10.3 Å². The Kier molecular flexibility index (Phi) is 5.40. The molecule has 0 fully saturated rings. The van der Waals surface area contributed by atoms with Gasteiger partial charge in [-0.15, -0.1) is 0 Å². The first-order chi connectivity index (χ1) is 15.8.